The van der Waals surface area contributed by atoms with Crippen molar-refractivity contribution in [3.8, 4) is 5.75 Å². The van der Waals surface area contributed by atoms with Gasteiger partial charge in [-0.3, -0.25) is 14.5 Å². The van der Waals surface area contributed by atoms with Crippen LogP contribution in [0.2, 0.25) is 10.0 Å². The lowest BCUT2D eigenvalue weighted by molar-refractivity contribution is -0.136. The molecule has 4 rings (SSSR count). The van der Waals surface area contributed by atoms with E-state index >= 15 is 0 Å². The van der Waals surface area contributed by atoms with E-state index in [1.165, 1.54) is 0 Å². The van der Waals surface area contributed by atoms with E-state index in [0.717, 1.165) is 25.7 Å². The number of carbonyl (C=O) groups is 2. The Morgan fingerprint density at radius 1 is 0.970 bits per heavy atom. The second kappa shape index (κ2) is 11.2. The molecule has 0 aromatic heterocycles. The molecule has 6 nitrogen and oxygen atoms in total. The van der Waals surface area contributed by atoms with Crippen LogP contribution in [0, 0.1) is 5.92 Å². The smallest absolute Gasteiger partial charge is 0.260 e. The molecule has 8 heteroatoms. The van der Waals surface area contributed by atoms with Gasteiger partial charge in [-0.1, -0.05) is 42.1 Å². The lowest BCUT2D eigenvalue weighted by Gasteiger charge is -2.40. The summed E-state index contributed by atoms with van der Waals surface area (Å²) in [5, 5.41) is 4.28. The van der Waals surface area contributed by atoms with E-state index in [0.29, 0.717) is 53.6 Å². The molecular formula is C25H29Cl2N3O3. The number of rotatable bonds is 7. The number of hydrogen-bond acceptors (Lipinski definition) is 4. The van der Waals surface area contributed by atoms with Crippen LogP contribution >= 0.6 is 23.2 Å². The molecule has 2 fully saturated rings. The number of hydrogen-bond donors (Lipinski definition) is 1. The molecule has 0 radical (unpaired) electrons. The maximum absolute atomic E-state index is 13.3. The molecular weight excluding hydrogens is 461 g/mol. The molecule has 2 aromatic rings. The summed E-state index contributed by atoms with van der Waals surface area (Å²) < 4.78 is 5.61. The number of nitrogens with one attached hydrogen (secondary N) is 1. The molecule has 1 heterocycles. The van der Waals surface area contributed by atoms with Crippen molar-refractivity contribution in [2.45, 2.75) is 31.7 Å². The first-order valence-corrected chi connectivity index (χ1v) is 12.2. The van der Waals surface area contributed by atoms with E-state index in [1.54, 1.807) is 36.4 Å². The molecule has 1 aliphatic heterocycles. The molecule has 1 aliphatic carbocycles. The molecule has 0 bridgehead atoms. The van der Waals surface area contributed by atoms with Crippen LogP contribution in [0.15, 0.2) is 48.5 Å². The van der Waals surface area contributed by atoms with Crippen molar-refractivity contribution in [1.82, 2.24) is 9.80 Å². The van der Waals surface area contributed by atoms with Crippen LogP contribution < -0.4 is 10.1 Å². The first-order valence-electron chi connectivity index (χ1n) is 11.5. The second-order valence-electron chi connectivity index (χ2n) is 8.65. The molecule has 1 N–H and O–H groups in total. The van der Waals surface area contributed by atoms with Crippen LogP contribution in [-0.2, 0) is 9.59 Å². The highest BCUT2D eigenvalue weighted by molar-refractivity contribution is 6.31. The maximum atomic E-state index is 13.3. The van der Waals surface area contributed by atoms with Gasteiger partial charge >= 0.3 is 0 Å². The van der Waals surface area contributed by atoms with Crippen molar-refractivity contribution in [2.24, 2.45) is 5.92 Å². The fraction of sp³-hybridized carbons (Fsp3) is 0.440. The van der Waals surface area contributed by atoms with Gasteiger partial charge in [0.1, 0.15) is 5.75 Å². The predicted molar refractivity (Wildman–Crippen MR) is 131 cm³/mol. The van der Waals surface area contributed by atoms with E-state index in [-0.39, 0.29) is 24.5 Å². The molecule has 2 amide bonds. The van der Waals surface area contributed by atoms with Crippen LogP contribution in [0.4, 0.5) is 5.69 Å². The highest BCUT2D eigenvalue weighted by atomic mass is 35.5. The summed E-state index contributed by atoms with van der Waals surface area (Å²) in [5.41, 5.74) is 0.712. The Labute approximate surface area is 204 Å². The minimum atomic E-state index is -0.200. The van der Waals surface area contributed by atoms with Crippen molar-refractivity contribution in [3.63, 3.8) is 0 Å². The molecule has 1 saturated heterocycles. The molecule has 0 unspecified atom stereocenters. The van der Waals surface area contributed by atoms with Gasteiger partial charge in [-0.2, -0.15) is 0 Å². The van der Waals surface area contributed by atoms with Crippen LogP contribution in [0.1, 0.15) is 25.7 Å². The van der Waals surface area contributed by atoms with Gasteiger partial charge in [0.25, 0.3) is 5.91 Å². The number of piperazine rings is 1. The Bertz CT molecular complexity index is 956. The van der Waals surface area contributed by atoms with E-state index in [4.69, 9.17) is 27.9 Å². The van der Waals surface area contributed by atoms with Crippen molar-refractivity contribution < 1.29 is 14.3 Å². The Hall–Kier alpha value is -2.28. The summed E-state index contributed by atoms with van der Waals surface area (Å²) in [6, 6.07) is 14.0. The van der Waals surface area contributed by atoms with Gasteiger partial charge in [0.05, 0.1) is 6.04 Å². The van der Waals surface area contributed by atoms with Crippen molar-refractivity contribution in [2.75, 3.05) is 38.1 Å². The number of halogens is 2. The summed E-state index contributed by atoms with van der Waals surface area (Å²) in [6.07, 6.45) is 4.43. The minimum Gasteiger partial charge on any atom is -0.484 e. The Kier molecular flexibility index (Phi) is 8.12. The molecule has 1 atom stereocenters. The summed E-state index contributed by atoms with van der Waals surface area (Å²) in [5.74, 6) is 0.908. The largest absolute Gasteiger partial charge is 0.484 e. The van der Waals surface area contributed by atoms with Gasteiger partial charge in [-0.05, 0) is 61.2 Å². The number of amides is 2. The quantitative estimate of drug-likeness (QED) is 0.611. The van der Waals surface area contributed by atoms with Crippen LogP contribution in [0.3, 0.4) is 0 Å². The molecule has 0 spiro atoms. The zero-order chi connectivity index (χ0) is 23.2. The Morgan fingerprint density at radius 2 is 1.67 bits per heavy atom. The first-order chi connectivity index (χ1) is 16.0. The van der Waals surface area contributed by atoms with Gasteiger partial charge in [0, 0.05) is 41.9 Å². The maximum Gasteiger partial charge on any atom is 0.260 e. The third kappa shape index (κ3) is 6.40. The fourth-order valence-corrected chi connectivity index (χ4v) is 5.07. The molecule has 2 aliphatic rings. The van der Waals surface area contributed by atoms with E-state index in [1.807, 2.05) is 17.0 Å². The standard InChI is InChI=1S/C25H29Cl2N3O3/c26-19-8-10-22(11-9-19)33-17-23(31)29-12-14-30(15-13-29)24(18-4-1-2-5-18)25(32)28-21-7-3-6-20(27)16-21/h3,6-11,16,18,24H,1-2,4-5,12-15,17H2,(H,28,32)/t24-/m0/s1. The number of anilines is 1. The summed E-state index contributed by atoms with van der Waals surface area (Å²) >= 11 is 12.0. The van der Waals surface area contributed by atoms with Gasteiger partial charge in [0.2, 0.25) is 5.91 Å². The summed E-state index contributed by atoms with van der Waals surface area (Å²) in [6.45, 7) is 2.48. The minimum absolute atomic E-state index is 0.00927. The Morgan fingerprint density at radius 3 is 2.33 bits per heavy atom. The lowest BCUT2D eigenvalue weighted by atomic mass is 9.95. The Balaban J connectivity index is 1.34. The van der Waals surface area contributed by atoms with Crippen molar-refractivity contribution in [1.29, 1.82) is 0 Å². The number of ether oxygens (including phenoxy) is 1. The highest BCUT2D eigenvalue weighted by Gasteiger charge is 2.37. The van der Waals surface area contributed by atoms with Gasteiger partial charge in [-0.15, -0.1) is 0 Å². The molecule has 33 heavy (non-hydrogen) atoms. The number of nitrogens with zero attached hydrogens (tertiary/aromatic N) is 2. The van der Waals surface area contributed by atoms with Crippen LogP contribution in [-0.4, -0.2) is 60.4 Å². The average Bonchev–Trinajstić information content (AvgIpc) is 3.33. The van der Waals surface area contributed by atoms with Gasteiger partial charge < -0.3 is 15.0 Å². The normalized spacial score (nSPS) is 18.2. The number of benzene rings is 2. The number of carbonyl (C=O) groups excluding carboxylic acids is 2. The zero-order valence-corrected chi connectivity index (χ0v) is 20.0. The highest BCUT2D eigenvalue weighted by Crippen LogP contribution is 2.32. The fourth-order valence-electron chi connectivity index (χ4n) is 4.75. The first kappa shape index (κ1) is 23.9. The molecule has 1 saturated carbocycles. The molecule has 176 valence electrons. The van der Waals surface area contributed by atoms with Gasteiger partial charge in [-0.25, -0.2) is 0 Å². The van der Waals surface area contributed by atoms with Crippen molar-refractivity contribution >= 4 is 40.7 Å². The zero-order valence-electron chi connectivity index (χ0n) is 18.5. The van der Waals surface area contributed by atoms with E-state index < -0.39 is 0 Å². The second-order valence-corrected chi connectivity index (χ2v) is 9.52. The topological polar surface area (TPSA) is 61.9 Å². The van der Waals surface area contributed by atoms with E-state index in [2.05, 4.69) is 10.2 Å². The summed E-state index contributed by atoms with van der Waals surface area (Å²) in [7, 11) is 0. The average molecular weight is 490 g/mol. The van der Waals surface area contributed by atoms with E-state index in [9.17, 15) is 9.59 Å². The van der Waals surface area contributed by atoms with Gasteiger partial charge in [0.15, 0.2) is 6.61 Å². The third-order valence-electron chi connectivity index (χ3n) is 6.44. The lowest BCUT2D eigenvalue weighted by Crippen LogP contribution is -2.57. The summed E-state index contributed by atoms with van der Waals surface area (Å²) in [4.78, 5) is 30.0. The predicted octanol–water partition coefficient (Wildman–Crippen LogP) is 4.71. The molecule has 2 aromatic carbocycles. The van der Waals surface area contributed by atoms with Crippen LogP contribution in [0.5, 0.6) is 5.75 Å². The third-order valence-corrected chi connectivity index (χ3v) is 6.93. The SMILES string of the molecule is O=C(Nc1cccc(Cl)c1)[C@H](C1CCCC1)N1CCN(C(=O)COc2ccc(Cl)cc2)CC1. The van der Waals surface area contributed by atoms with Crippen LogP contribution in [0.25, 0.3) is 0 Å². The van der Waals surface area contributed by atoms with Crippen molar-refractivity contribution in [3.05, 3.63) is 58.6 Å². The monoisotopic (exact) mass is 489 g/mol.